The van der Waals surface area contributed by atoms with Gasteiger partial charge in [0.25, 0.3) is 0 Å². The molecule has 1 aromatic rings. The van der Waals surface area contributed by atoms with Crippen molar-refractivity contribution in [2.75, 3.05) is 0 Å². The van der Waals surface area contributed by atoms with Crippen LogP contribution in [-0.2, 0) is 0 Å². The maximum Gasteiger partial charge on any atom is 0.0761 e. The summed E-state index contributed by atoms with van der Waals surface area (Å²) in [5.41, 5.74) is 4.28. The van der Waals surface area contributed by atoms with Crippen molar-refractivity contribution in [1.82, 2.24) is 0 Å². The predicted octanol–water partition coefficient (Wildman–Crippen LogP) is 7.93. The Morgan fingerprint density at radius 3 is 2.29 bits per heavy atom. The highest BCUT2D eigenvalue weighted by molar-refractivity contribution is 6.83. The lowest BCUT2D eigenvalue weighted by atomic mass is 9.86. The average molecular weight is 399 g/mol. The van der Waals surface area contributed by atoms with E-state index in [1.54, 1.807) is 0 Å². The number of hydrogen-bond donors (Lipinski definition) is 1. The first-order valence-electron chi connectivity index (χ1n) is 11.6. The number of hydrogen-bond acceptors (Lipinski definition) is 1. The molecule has 1 nitrogen and oxygen atoms in total. The minimum Gasteiger partial charge on any atom is -0.389 e. The van der Waals surface area contributed by atoms with E-state index in [1.165, 1.54) is 66.9 Å². The molecule has 1 atom stereocenters. The molecule has 0 heterocycles. The molecule has 0 saturated heterocycles. The molecule has 0 aliphatic heterocycles. The molecule has 28 heavy (non-hydrogen) atoms. The summed E-state index contributed by atoms with van der Waals surface area (Å²) < 4.78 is 0. The van der Waals surface area contributed by atoms with Crippen LogP contribution in [0.25, 0.3) is 6.08 Å². The second-order valence-electron chi connectivity index (χ2n) is 9.50. The summed E-state index contributed by atoms with van der Waals surface area (Å²) in [6, 6.07) is 10.7. The van der Waals surface area contributed by atoms with Gasteiger partial charge in [0, 0.05) is 0 Å². The molecule has 1 fully saturated rings. The van der Waals surface area contributed by atoms with Gasteiger partial charge in [-0.05, 0) is 48.8 Å². The van der Waals surface area contributed by atoms with Gasteiger partial charge < -0.3 is 5.11 Å². The third-order valence-corrected chi connectivity index (χ3v) is 8.20. The van der Waals surface area contributed by atoms with E-state index >= 15 is 0 Å². The second kappa shape index (κ2) is 11.8. The molecular weight excluding hydrogens is 356 g/mol. The summed E-state index contributed by atoms with van der Waals surface area (Å²) in [7, 11) is -1.59. The lowest BCUT2D eigenvalue weighted by Gasteiger charge is -2.33. The van der Waals surface area contributed by atoms with Gasteiger partial charge in [-0.3, -0.25) is 0 Å². The third kappa shape index (κ3) is 7.37. The summed E-state index contributed by atoms with van der Waals surface area (Å²) in [6.45, 7) is 9.50. The molecule has 0 spiro atoms. The van der Waals surface area contributed by atoms with Gasteiger partial charge in [-0.25, -0.2) is 0 Å². The lowest BCUT2D eigenvalue weighted by molar-refractivity contribution is 0.200. The molecule has 0 aromatic heterocycles. The maximum atomic E-state index is 11.2. The molecule has 0 bridgehead atoms. The molecule has 1 saturated carbocycles. The minimum atomic E-state index is -1.59. The average Bonchev–Trinajstić information content (AvgIpc) is 2.66. The van der Waals surface area contributed by atoms with Gasteiger partial charge in [0.2, 0.25) is 0 Å². The Kier molecular flexibility index (Phi) is 9.74. The topological polar surface area (TPSA) is 20.2 Å². The Morgan fingerprint density at radius 1 is 0.964 bits per heavy atom. The highest BCUT2D eigenvalue weighted by Crippen LogP contribution is 2.37. The number of unbranched alkanes of at least 4 members (excludes halogenated alkanes) is 5. The summed E-state index contributed by atoms with van der Waals surface area (Å²) >= 11 is 0. The zero-order valence-electron chi connectivity index (χ0n) is 18.8. The van der Waals surface area contributed by atoms with Crippen LogP contribution in [0.4, 0.5) is 0 Å². The molecule has 0 radical (unpaired) electrons. The van der Waals surface area contributed by atoms with E-state index in [2.05, 4.69) is 63.0 Å². The van der Waals surface area contributed by atoms with Crippen LogP contribution in [0.1, 0.15) is 83.1 Å². The second-order valence-corrected chi connectivity index (χ2v) is 14.5. The summed E-state index contributed by atoms with van der Waals surface area (Å²) in [4.78, 5) is 0. The van der Waals surface area contributed by atoms with E-state index in [-0.39, 0.29) is 6.10 Å². The molecule has 1 aliphatic carbocycles. The molecule has 1 N–H and O–H groups in total. The van der Waals surface area contributed by atoms with Crippen LogP contribution in [-0.4, -0.2) is 19.3 Å². The normalized spacial score (nSPS) is 19.7. The van der Waals surface area contributed by atoms with E-state index < -0.39 is 8.07 Å². The Morgan fingerprint density at radius 2 is 1.61 bits per heavy atom. The fourth-order valence-corrected chi connectivity index (χ4v) is 6.90. The van der Waals surface area contributed by atoms with Crippen LogP contribution in [0, 0.1) is 0 Å². The van der Waals surface area contributed by atoms with Crippen molar-refractivity contribution >= 4 is 14.1 Å². The zero-order chi connectivity index (χ0) is 20.4. The van der Waals surface area contributed by atoms with Gasteiger partial charge in [0.15, 0.2) is 0 Å². The maximum absolute atomic E-state index is 11.2. The molecule has 1 aromatic carbocycles. The number of aliphatic hydroxyl groups excluding tert-OH is 1. The molecule has 0 amide bonds. The quantitative estimate of drug-likeness (QED) is 0.313. The summed E-state index contributed by atoms with van der Waals surface area (Å²) in [5, 5.41) is 12.7. The first-order valence-corrected chi connectivity index (χ1v) is 15.1. The van der Waals surface area contributed by atoms with E-state index in [1.807, 2.05) is 0 Å². The van der Waals surface area contributed by atoms with Crippen molar-refractivity contribution in [2.24, 2.45) is 0 Å². The van der Waals surface area contributed by atoms with Crippen molar-refractivity contribution in [1.29, 1.82) is 0 Å². The molecule has 1 unspecified atom stereocenters. The van der Waals surface area contributed by atoms with Gasteiger partial charge >= 0.3 is 0 Å². The van der Waals surface area contributed by atoms with Gasteiger partial charge in [0.05, 0.1) is 14.2 Å². The SMILES string of the molecule is CCCCCCCCC(O)/C(=C1/CCCC/C1=C\c1ccccc1)[Si](C)(C)C. The fraction of sp³-hybridized carbons (Fsp3) is 0.615. The Labute approximate surface area is 175 Å². The molecular formula is C26H42OSi. The number of rotatable bonds is 10. The van der Waals surface area contributed by atoms with E-state index in [0.29, 0.717) is 0 Å². The van der Waals surface area contributed by atoms with Gasteiger partial charge in [-0.15, -0.1) is 0 Å². The Balaban J connectivity index is 2.20. The smallest absolute Gasteiger partial charge is 0.0761 e. The first kappa shape index (κ1) is 23.2. The molecule has 156 valence electrons. The van der Waals surface area contributed by atoms with E-state index in [4.69, 9.17) is 0 Å². The van der Waals surface area contributed by atoms with Crippen LogP contribution < -0.4 is 0 Å². The van der Waals surface area contributed by atoms with Gasteiger partial charge in [-0.2, -0.15) is 0 Å². The highest BCUT2D eigenvalue weighted by atomic mass is 28.3. The van der Waals surface area contributed by atoms with Crippen molar-refractivity contribution in [3.63, 3.8) is 0 Å². The van der Waals surface area contributed by atoms with Crippen molar-refractivity contribution in [2.45, 2.75) is 103 Å². The summed E-state index contributed by atoms with van der Waals surface area (Å²) in [5.74, 6) is 0. The zero-order valence-corrected chi connectivity index (χ0v) is 19.8. The van der Waals surface area contributed by atoms with Crippen LogP contribution in [0.15, 0.2) is 46.7 Å². The highest BCUT2D eigenvalue weighted by Gasteiger charge is 2.30. The first-order chi connectivity index (χ1) is 13.4. The largest absolute Gasteiger partial charge is 0.389 e. The van der Waals surface area contributed by atoms with Crippen molar-refractivity contribution in [3.8, 4) is 0 Å². The fourth-order valence-electron chi connectivity index (χ4n) is 4.56. The standard InChI is InChI=1S/C26H42OSi/c1-5-6-7-8-9-13-20-25(27)26(28(2,3)4)24-19-15-14-18-23(24)21-22-16-11-10-12-17-22/h10-12,16-17,21,25,27H,5-9,13-15,18-20H2,1-4H3/b23-21+,26-24+. The van der Waals surface area contributed by atoms with E-state index in [0.717, 1.165) is 25.7 Å². The van der Waals surface area contributed by atoms with Crippen molar-refractivity contribution in [3.05, 3.63) is 52.2 Å². The Hall–Kier alpha value is -1.12. The summed E-state index contributed by atoms with van der Waals surface area (Å²) in [6.07, 6.45) is 15.6. The van der Waals surface area contributed by atoms with Gasteiger partial charge in [-0.1, -0.05) is 107 Å². The monoisotopic (exact) mass is 398 g/mol. The van der Waals surface area contributed by atoms with Crippen molar-refractivity contribution < 1.29 is 5.11 Å². The number of allylic oxidation sites excluding steroid dienone is 2. The van der Waals surface area contributed by atoms with Crippen LogP contribution in [0.5, 0.6) is 0 Å². The van der Waals surface area contributed by atoms with Crippen LogP contribution >= 0.6 is 0 Å². The predicted molar refractivity (Wildman–Crippen MR) is 127 cm³/mol. The number of aliphatic hydroxyl groups is 1. The molecule has 1 aliphatic rings. The molecule has 2 rings (SSSR count). The lowest BCUT2D eigenvalue weighted by Crippen LogP contribution is -2.34. The molecule has 2 heteroatoms. The third-order valence-electron chi connectivity index (χ3n) is 5.95. The minimum absolute atomic E-state index is 0.245. The number of benzene rings is 1. The van der Waals surface area contributed by atoms with Crippen LogP contribution in [0.2, 0.25) is 19.6 Å². The van der Waals surface area contributed by atoms with E-state index in [9.17, 15) is 5.11 Å². The van der Waals surface area contributed by atoms with Crippen LogP contribution in [0.3, 0.4) is 0 Å². The van der Waals surface area contributed by atoms with Gasteiger partial charge in [0.1, 0.15) is 0 Å². The Bertz CT molecular complexity index is 636.